The number of esters is 1. The fourth-order valence-corrected chi connectivity index (χ4v) is 3.61. The maximum atomic E-state index is 13.1. The van der Waals surface area contributed by atoms with Crippen LogP contribution in [0.1, 0.15) is 61.9 Å². The lowest BCUT2D eigenvalue weighted by Gasteiger charge is -2.18. The summed E-state index contributed by atoms with van der Waals surface area (Å²) in [5.41, 5.74) is 1.45. The third-order valence-electron chi connectivity index (χ3n) is 5.20. The molecule has 0 aliphatic heterocycles. The first-order chi connectivity index (χ1) is 13.2. The number of hydrogen-bond donors (Lipinski definition) is 0. The molecule has 0 aliphatic rings. The van der Waals surface area contributed by atoms with Crippen LogP contribution in [-0.4, -0.2) is 12.1 Å². The number of carbonyl (C=O) groups is 1. The highest BCUT2D eigenvalue weighted by Gasteiger charge is 2.19. The number of fused-ring (bicyclic) bond motifs is 2. The molecule has 3 aromatic carbocycles. The topological polar surface area (TPSA) is 26.3 Å². The van der Waals surface area contributed by atoms with E-state index < -0.39 is 0 Å². The molecule has 140 valence electrons. The molecule has 3 aromatic rings. The van der Waals surface area contributed by atoms with Gasteiger partial charge in [-0.25, -0.2) is 4.79 Å². The van der Waals surface area contributed by atoms with Gasteiger partial charge < -0.3 is 4.74 Å². The van der Waals surface area contributed by atoms with Crippen molar-refractivity contribution in [2.45, 2.75) is 52.1 Å². The Kier molecular flexibility index (Phi) is 6.28. The van der Waals surface area contributed by atoms with E-state index in [9.17, 15) is 4.79 Å². The Morgan fingerprint density at radius 2 is 1.78 bits per heavy atom. The quantitative estimate of drug-likeness (QED) is 0.242. The third kappa shape index (κ3) is 4.21. The minimum absolute atomic E-state index is 0.0302. The van der Waals surface area contributed by atoms with Crippen molar-refractivity contribution in [3.8, 4) is 0 Å². The van der Waals surface area contributed by atoms with Crippen molar-refractivity contribution in [2.75, 3.05) is 0 Å². The molecule has 27 heavy (non-hydrogen) atoms. The molecule has 0 heterocycles. The maximum absolute atomic E-state index is 13.1. The summed E-state index contributed by atoms with van der Waals surface area (Å²) in [5.74, 6) is -0.242. The standard InChI is InChI=1S/C25H28O2/c1-4-7-8-13-22(6-3)27-25(26)24-18(5-2)14-15-21-16-19-11-9-10-12-20(19)17-23(21)24/h5,9-12,14-17,22H,2,4,6-8,13H2,1,3H3. The summed E-state index contributed by atoms with van der Waals surface area (Å²) in [6.45, 7) is 8.16. The first-order valence-electron chi connectivity index (χ1n) is 9.96. The zero-order valence-electron chi connectivity index (χ0n) is 16.3. The number of unbranched alkanes of at least 4 members (excludes halogenated alkanes) is 2. The van der Waals surface area contributed by atoms with Crippen LogP contribution in [0.2, 0.25) is 0 Å². The molecule has 0 saturated carbocycles. The largest absolute Gasteiger partial charge is 0.459 e. The highest BCUT2D eigenvalue weighted by Crippen LogP contribution is 2.29. The lowest BCUT2D eigenvalue weighted by Crippen LogP contribution is -2.18. The Hall–Kier alpha value is -2.61. The Morgan fingerprint density at radius 1 is 1.04 bits per heavy atom. The molecule has 2 nitrogen and oxygen atoms in total. The number of hydrogen-bond acceptors (Lipinski definition) is 2. The Balaban J connectivity index is 2.01. The van der Waals surface area contributed by atoms with E-state index in [0.29, 0.717) is 5.56 Å². The summed E-state index contributed by atoms with van der Waals surface area (Å²) in [6, 6.07) is 16.4. The predicted molar refractivity (Wildman–Crippen MR) is 115 cm³/mol. The van der Waals surface area contributed by atoms with E-state index in [-0.39, 0.29) is 12.1 Å². The number of ether oxygens (including phenoxy) is 1. The van der Waals surface area contributed by atoms with E-state index in [1.54, 1.807) is 6.08 Å². The highest BCUT2D eigenvalue weighted by atomic mass is 16.5. The molecule has 0 bridgehead atoms. The molecule has 0 N–H and O–H groups in total. The van der Waals surface area contributed by atoms with Gasteiger partial charge in [0, 0.05) is 0 Å². The second-order valence-electron chi connectivity index (χ2n) is 7.09. The van der Waals surface area contributed by atoms with Crippen LogP contribution in [-0.2, 0) is 4.74 Å². The molecule has 0 aliphatic carbocycles. The van der Waals surface area contributed by atoms with Gasteiger partial charge in [-0.1, -0.05) is 75.7 Å². The molecular weight excluding hydrogens is 332 g/mol. The lowest BCUT2D eigenvalue weighted by atomic mass is 9.95. The van der Waals surface area contributed by atoms with Crippen LogP contribution in [0.25, 0.3) is 27.6 Å². The zero-order valence-corrected chi connectivity index (χ0v) is 16.3. The highest BCUT2D eigenvalue weighted by molar-refractivity contribution is 6.11. The van der Waals surface area contributed by atoms with Crippen LogP contribution in [0.4, 0.5) is 0 Å². The number of rotatable bonds is 8. The molecule has 2 heteroatoms. The SMILES string of the molecule is C=Cc1ccc2cc3ccccc3cc2c1C(=O)OC(CC)CCCCC. The van der Waals surface area contributed by atoms with E-state index in [2.05, 4.69) is 44.7 Å². The van der Waals surface area contributed by atoms with Gasteiger partial charge in [0.25, 0.3) is 0 Å². The maximum Gasteiger partial charge on any atom is 0.339 e. The predicted octanol–water partition coefficient (Wildman–Crippen LogP) is 7.15. The smallest absolute Gasteiger partial charge is 0.339 e. The van der Waals surface area contributed by atoms with Gasteiger partial charge in [-0.3, -0.25) is 0 Å². The van der Waals surface area contributed by atoms with Crippen molar-refractivity contribution in [3.63, 3.8) is 0 Å². The second kappa shape index (κ2) is 8.85. The Labute approximate surface area is 161 Å². The van der Waals surface area contributed by atoms with Gasteiger partial charge in [0.2, 0.25) is 0 Å². The fourth-order valence-electron chi connectivity index (χ4n) is 3.61. The average Bonchev–Trinajstić information content (AvgIpc) is 2.70. The summed E-state index contributed by atoms with van der Waals surface area (Å²) in [6.07, 6.45) is 6.91. The van der Waals surface area contributed by atoms with E-state index in [4.69, 9.17) is 4.74 Å². The lowest BCUT2D eigenvalue weighted by molar-refractivity contribution is 0.0269. The number of benzene rings is 3. The molecule has 0 aromatic heterocycles. The van der Waals surface area contributed by atoms with Gasteiger partial charge in [-0.2, -0.15) is 0 Å². The van der Waals surface area contributed by atoms with Gasteiger partial charge in [0.1, 0.15) is 6.10 Å². The summed E-state index contributed by atoms with van der Waals surface area (Å²) >= 11 is 0. The summed E-state index contributed by atoms with van der Waals surface area (Å²) < 4.78 is 5.91. The van der Waals surface area contributed by atoms with Crippen molar-refractivity contribution in [2.24, 2.45) is 0 Å². The summed E-state index contributed by atoms with van der Waals surface area (Å²) in [4.78, 5) is 13.1. The van der Waals surface area contributed by atoms with Gasteiger partial charge in [0.15, 0.2) is 0 Å². The van der Waals surface area contributed by atoms with Crippen molar-refractivity contribution in [1.82, 2.24) is 0 Å². The Bertz CT molecular complexity index is 955. The molecule has 1 atom stereocenters. The summed E-state index contributed by atoms with van der Waals surface area (Å²) in [7, 11) is 0. The van der Waals surface area contributed by atoms with Crippen molar-refractivity contribution >= 4 is 33.6 Å². The van der Waals surface area contributed by atoms with E-state index in [1.807, 2.05) is 24.3 Å². The molecular formula is C25H28O2. The molecule has 0 spiro atoms. The van der Waals surface area contributed by atoms with Crippen LogP contribution in [0.3, 0.4) is 0 Å². The minimum Gasteiger partial charge on any atom is -0.459 e. The van der Waals surface area contributed by atoms with Gasteiger partial charge in [-0.05, 0) is 58.5 Å². The van der Waals surface area contributed by atoms with Crippen LogP contribution >= 0.6 is 0 Å². The van der Waals surface area contributed by atoms with Gasteiger partial charge >= 0.3 is 5.97 Å². The van der Waals surface area contributed by atoms with Gasteiger partial charge in [0.05, 0.1) is 5.56 Å². The molecule has 3 rings (SSSR count). The molecule has 0 saturated heterocycles. The van der Waals surface area contributed by atoms with Crippen molar-refractivity contribution in [1.29, 1.82) is 0 Å². The molecule has 0 fully saturated rings. The van der Waals surface area contributed by atoms with Crippen LogP contribution < -0.4 is 0 Å². The zero-order chi connectivity index (χ0) is 19.2. The van der Waals surface area contributed by atoms with E-state index in [1.165, 1.54) is 18.2 Å². The minimum atomic E-state index is -0.242. The van der Waals surface area contributed by atoms with Crippen LogP contribution in [0.15, 0.2) is 55.1 Å². The van der Waals surface area contributed by atoms with Gasteiger partial charge in [-0.15, -0.1) is 0 Å². The second-order valence-corrected chi connectivity index (χ2v) is 7.09. The van der Waals surface area contributed by atoms with Crippen LogP contribution in [0.5, 0.6) is 0 Å². The van der Waals surface area contributed by atoms with Crippen LogP contribution in [0, 0.1) is 0 Å². The Morgan fingerprint density at radius 3 is 2.44 bits per heavy atom. The number of carbonyl (C=O) groups excluding carboxylic acids is 1. The van der Waals surface area contributed by atoms with Crippen molar-refractivity contribution < 1.29 is 9.53 Å². The third-order valence-corrected chi connectivity index (χ3v) is 5.20. The van der Waals surface area contributed by atoms with E-state index in [0.717, 1.165) is 41.0 Å². The average molecular weight is 360 g/mol. The molecule has 0 radical (unpaired) electrons. The summed E-state index contributed by atoms with van der Waals surface area (Å²) in [5, 5.41) is 4.27. The van der Waals surface area contributed by atoms with Crippen molar-refractivity contribution in [3.05, 3.63) is 66.2 Å². The first-order valence-corrected chi connectivity index (χ1v) is 9.96. The monoisotopic (exact) mass is 360 g/mol. The molecule has 1 unspecified atom stereocenters. The fraction of sp³-hybridized carbons (Fsp3) is 0.320. The van der Waals surface area contributed by atoms with E-state index >= 15 is 0 Å². The first kappa shape index (κ1) is 19.2. The molecule has 0 amide bonds. The normalized spacial score (nSPS) is 12.2.